The Morgan fingerprint density at radius 2 is 1.86 bits per heavy atom. The molecule has 2 aromatic rings. The van der Waals surface area contributed by atoms with Crippen molar-refractivity contribution in [3.8, 4) is 0 Å². The average molecular weight is 380 g/mol. The molecule has 1 heterocycles. The number of hydrogen-bond donors (Lipinski definition) is 1. The van der Waals surface area contributed by atoms with Gasteiger partial charge in [0.1, 0.15) is 5.82 Å². The molecule has 1 aromatic heterocycles. The van der Waals surface area contributed by atoms with E-state index in [4.69, 9.17) is 11.6 Å². The van der Waals surface area contributed by atoms with E-state index in [0.717, 1.165) is 22.3 Å². The molecule has 2 nitrogen and oxygen atoms in total. The Morgan fingerprint density at radius 1 is 1.24 bits per heavy atom. The highest BCUT2D eigenvalue weighted by Gasteiger charge is 2.31. The maximum absolute atomic E-state index is 12.5. The number of rotatable bonds is 3. The number of pyridine rings is 1. The summed E-state index contributed by atoms with van der Waals surface area (Å²) in [6.45, 7) is 1.87. The monoisotopic (exact) mass is 378 g/mol. The van der Waals surface area contributed by atoms with Gasteiger partial charge in [-0.25, -0.2) is 4.98 Å². The molecule has 21 heavy (non-hydrogen) atoms. The average Bonchev–Trinajstić information content (AvgIpc) is 2.40. The summed E-state index contributed by atoms with van der Waals surface area (Å²) in [6, 6.07) is 8.30. The van der Waals surface area contributed by atoms with Crippen LogP contribution in [-0.2, 0) is 6.18 Å². The predicted molar refractivity (Wildman–Crippen MR) is 80.4 cm³/mol. The van der Waals surface area contributed by atoms with Crippen molar-refractivity contribution < 1.29 is 13.2 Å². The van der Waals surface area contributed by atoms with Crippen molar-refractivity contribution in [2.45, 2.75) is 19.1 Å². The molecule has 7 heteroatoms. The van der Waals surface area contributed by atoms with Crippen LogP contribution in [0.4, 0.5) is 19.0 Å². The van der Waals surface area contributed by atoms with E-state index in [2.05, 4.69) is 26.2 Å². The van der Waals surface area contributed by atoms with Crippen molar-refractivity contribution in [3.05, 3.63) is 57.2 Å². The topological polar surface area (TPSA) is 24.9 Å². The van der Waals surface area contributed by atoms with Gasteiger partial charge in [-0.05, 0) is 30.7 Å². The van der Waals surface area contributed by atoms with Crippen LogP contribution in [0.15, 0.2) is 41.0 Å². The molecule has 0 radical (unpaired) electrons. The standard InChI is InChI=1S/C14H11BrClF3N2/c1-8(9-2-4-11(15)5-3-9)21-13-12(16)6-10(7-20-13)14(17,18)19/h2-8H,1H3,(H,20,21). The summed E-state index contributed by atoms with van der Waals surface area (Å²) in [6.07, 6.45) is -3.69. The molecule has 1 aromatic carbocycles. The first-order valence-corrected chi connectivity index (χ1v) is 7.19. The molecule has 0 saturated heterocycles. The van der Waals surface area contributed by atoms with Gasteiger partial charge in [0.05, 0.1) is 10.6 Å². The molecule has 0 fully saturated rings. The summed E-state index contributed by atoms with van der Waals surface area (Å²) in [4.78, 5) is 3.76. The Hall–Kier alpha value is -1.27. The highest BCUT2D eigenvalue weighted by atomic mass is 79.9. The zero-order valence-corrected chi connectivity index (χ0v) is 13.2. The number of nitrogens with one attached hydrogen (secondary N) is 1. The molecular weight excluding hydrogens is 369 g/mol. The third-order valence-electron chi connectivity index (χ3n) is 2.89. The second-order valence-electron chi connectivity index (χ2n) is 4.47. The van der Waals surface area contributed by atoms with Crippen LogP contribution in [0.1, 0.15) is 24.1 Å². The maximum Gasteiger partial charge on any atom is 0.417 e. The number of aromatic nitrogens is 1. The first-order valence-electron chi connectivity index (χ1n) is 6.02. The summed E-state index contributed by atoms with van der Waals surface area (Å²) >= 11 is 9.20. The molecular formula is C14H11BrClF3N2. The van der Waals surface area contributed by atoms with Crippen LogP contribution in [0.2, 0.25) is 5.02 Å². The van der Waals surface area contributed by atoms with E-state index in [1.54, 1.807) is 0 Å². The van der Waals surface area contributed by atoms with E-state index < -0.39 is 11.7 Å². The van der Waals surface area contributed by atoms with E-state index in [1.165, 1.54) is 0 Å². The molecule has 112 valence electrons. The lowest BCUT2D eigenvalue weighted by molar-refractivity contribution is -0.137. The van der Waals surface area contributed by atoms with Gasteiger partial charge in [-0.1, -0.05) is 39.7 Å². The summed E-state index contributed by atoms with van der Waals surface area (Å²) in [5.74, 6) is 0.222. The van der Waals surface area contributed by atoms with E-state index in [1.807, 2.05) is 31.2 Å². The fraction of sp³-hybridized carbons (Fsp3) is 0.214. The van der Waals surface area contributed by atoms with Gasteiger partial charge in [-0.15, -0.1) is 0 Å². The molecule has 1 atom stereocenters. The summed E-state index contributed by atoms with van der Waals surface area (Å²) in [5, 5.41) is 2.94. The number of nitrogens with zero attached hydrogens (tertiary/aromatic N) is 1. The number of hydrogen-bond acceptors (Lipinski definition) is 2. The van der Waals surface area contributed by atoms with Gasteiger partial charge < -0.3 is 5.32 Å². The van der Waals surface area contributed by atoms with Gasteiger partial charge in [0.15, 0.2) is 0 Å². The maximum atomic E-state index is 12.5. The Labute approximate surface area is 133 Å². The van der Waals surface area contributed by atoms with Crippen LogP contribution in [0.25, 0.3) is 0 Å². The van der Waals surface area contributed by atoms with Gasteiger partial charge in [0.2, 0.25) is 0 Å². The minimum Gasteiger partial charge on any atom is -0.362 e. The van der Waals surface area contributed by atoms with Crippen molar-refractivity contribution >= 4 is 33.3 Å². The molecule has 1 unspecified atom stereocenters. The third-order valence-corrected chi connectivity index (χ3v) is 3.71. The van der Waals surface area contributed by atoms with E-state index in [0.29, 0.717) is 0 Å². The fourth-order valence-electron chi connectivity index (χ4n) is 1.74. The molecule has 0 bridgehead atoms. The Kier molecular flexibility index (Phi) is 4.78. The van der Waals surface area contributed by atoms with Crippen molar-refractivity contribution in [2.24, 2.45) is 0 Å². The molecule has 1 N–H and O–H groups in total. The smallest absolute Gasteiger partial charge is 0.362 e. The van der Waals surface area contributed by atoms with Gasteiger partial charge in [0.25, 0.3) is 0 Å². The minimum atomic E-state index is -4.45. The summed E-state index contributed by atoms with van der Waals surface area (Å²) in [7, 11) is 0. The quantitative estimate of drug-likeness (QED) is 0.741. The van der Waals surface area contributed by atoms with E-state index in [-0.39, 0.29) is 16.9 Å². The first-order chi connectivity index (χ1) is 9.77. The molecule has 0 saturated carbocycles. The highest BCUT2D eigenvalue weighted by Crippen LogP contribution is 2.33. The second-order valence-corrected chi connectivity index (χ2v) is 5.79. The lowest BCUT2D eigenvalue weighted by Crippen LogP contribution is -2.10. The zero-order chi connectivity index (χ0) is 15.6. The lowest BCUT2D eigenvalue weighted by atomic mass is 10.1. The molecule has 0 amide bonds. The minimum absolute atomic E-state index is 0.0613. The predicted octanol–water partition coefficient (Wildman–Crippen LogP) is 5.69. The van der Waals surface area contributed by atoms with Crippen LogP contribution >= 0.6 is 27.5 Å². The Bertz CT molecular complexity index is 629. The zero-order valence-electron chi connectivity index (χ0n) is 10.9. The van der Waals surface area contributed by atoms with Gasteiger partial charge >= 0.3 is 6.18 Å². The highest BCUT2D eigenvalue weighted by molar-refractivity contribution is 9.10. The van der Waals surface area contributed by atoms with Crippen LogP contribution in [-0.4, -0.2) is 4.98 Å². The molecule has 0 aliphatic carbocycles. The largest absolute Gasteiger partial charge is 0.417 e. The van der Waals surface area contributed by atoms with E-state index >= 15 is 0 Å². The van der Waals surface area contributed by atoms with Gasteiger partial charge in [-0.2, -0.15) is 13.2 Å². The van der Waals surface area contributed by atoms with Crippen LogP contribution < -0.4 is 5.32 Å². The number of anilines is 1. The third kappa shape index (κ3) is 4.11. The molecule has 0 aliphatic heterocycles. The first kappa shape index (κ1) is 16.1. The molecule has 0 spiro atoms. The summed E-state index contributed by atoms with van der Waals surface area (Å²) in [5.41, 5.74) is 0.102. The van der Waals surface area contributed by atoms with Crippen LogP contribution in [0.3, 0.4) is 0 Å². The van der Waals surface area contributed by atoms with Gasteiger partial charge in [0, 0.05) is 16.7 Å². The van der Waals surface area contributed by atoms with Crippen molar-refractivity contribution in [1.82, 2.24) is 4.98 Å². The number of halogens is 5. The molecule has 2 rings (SSSR count). The number of benzene rings is 1. The van der Waals surface area contributed by atoms with Crippen LogP contribution in [0.5, 0.6) is 0 Å². The Balaban J connectivity index is 2.18. The summed E-state index contributed by atoms with van der Waals surface area (Å²) < 4.78 is 38.6. The Morgan fingerprint density at radius 3 is 2.38 bits per heavy atom. The second kappa shape index (κ2) is 6.23. The van der Waals surface area contributed by atoms with Crippen LogP contribution in [0, 0.1) is 0 Å². The fourth-order valence-corrected chi connectivity index (χ4v) is 2.22. The van der Waals surface area contributed by atoms with E-state index in [9.17, 15) is 13.2 Å². The van der Waals surface area contributed by atoms with Crippen molar-refractivity contribution in [2.75, 3.05) is 5.32 Å². The van der Waals surface area contributed by atoms with Crippen molar-refractivity contribution in [3.63, 3.8) is 0 Å². The lowest BCUT2D eigenvalue weighted by Gasteiger charge is -2.17. The van der Waals surface area contributed by atoms with Gasteiger partial charge in [-0.3, -0.25) is 0 Å². The SMILES string of the molecule is CC(Nc1ncc(C(F)(F)F)cc1Cl)c1ccc(Br)cc1. The normalized spacial score (nSPS) is 13.0. The number of alkyl halides is 3. The molecule has 0 aliphatic rings. The van der Waals surface area contributed by atoms with Crippen molar-refractivity contribution in [1.29, 1.82) is 0 Å².